The van der Waals surface area contributed by atoms with Gasteiger partial charge in [0.15, 0.2) is 11.5 Å². The van der Waals surface area contributed by atoms with Crippen LogP contribution in [-0.4, -0.2) is 28.2 Å². The number of hydrogen-bond donors (Lipinski definition) is 2. The van der Waals surface area contributed by atoms with Gasteiger partial charge in [-0.25, -0.2) is 13.1 Å². The van der Waals surface area contributed by atoms with E-state index in [1.807, 2.05) is 30.3 Å². The molecule has 3 N–H and O–H groups in total. The number of halogens is 1. The molecule has 0 radical (unpaired) electrons. The summed E-state index contributed by atoms with van der Waals surface area (Å²) in [6.07, 6.45) is 0.765. The molecule has 1 heterocycles. The minimum Gasteiger partial charge on any atom is -0.490 e. The minimum atomic E-state index is -3.67. The molecule has 1 aliphatic heterocycles. The van der Waals surface area contributed by atoms with Gasteiger partial charge in [0.1, 0.15) is 0 Å². The number of hydrogen-bond acceptors (Lipinski definition) is 5. The number of nitrogens with two attached hydrogens (primary N) is 1. The van der Waals surface area contributed by atoms with Crippen LogP contribution in [0.15, 0.2) is 53.4 Å². The lowest BCUT2D eigenvalue weighted by molar-refractivity contribution is 0.297. The first-order chi connectivity index (χ1) is 11.6. The molecule has 2 aromatic rings. The fourth-order valence-electron chi connectivity index (χ4n) is 2.41. The van der Waals surface area contributed by atoms with E-state index in [0.717, 1.165) is 12.0 Å². The maximum Gasteiger partial charge on any atom is 0.240 e. The predicted molar refractivity (Wildman–Crippen MR) is 97.9 cm³/mol. The molecule has 0 bridgehead atoms. The maximum absolute atomic E-state index is 12.5. The van der Waals surface area contributed by atoms with Gasteiger partial charge < -0.3 is 15.2 Å². The van der Waals surface area contributed by atoms with Crippen LogP contribution in [-0.2, 0) is 10.0 Å². The quantitative estimate of drug-likeness (QED) is 0.825. The van der Waals surface area contributed by atoms with Crippen LogP contribution in [0.3, 0.4) is 0 Å². The molecule has 0 amide bonds. The van der Waals surface area contributed by atoms with E-state index in [-0.39, 0.29) is 23.8 Å². The molecular weight excluding hydrogens is 364 g/mol. The van der Waals surface area contributed by atoms with Crippen LogP contribution < -0.4 is 19.9 Å². The van der Waals surface area contributed by atoms with E-state index in [4.69, 9.17) is 15.2 Å². The van der Waals surface area contributed by atoms with E-state index in [9.17, 15) is 8.42 Å². The van der Waals surface area contributed by atoms with Gasteiger partial charge in [-0.2, -0.15) is 0 Å². The Labute approximate surface area is 153 Å². The first-order valence-electron chi connectivity index (χ1n) is 7.76. The van der Waals surface area contributed by atoms with Crippen molar-refractivity contribution >= 4 is 22.4 Å². The maximum atomic E-state index is 12.5. The molecule has 3 rings (SSSR count). The zero-order chi connectivity index (χ0) is 17.0. The highest BCUT2D eigenvalue weighted by Gasteiger charge is 2.19. The van der Waals surface area contributed by atoms with E-state index in [2.05, 4.69) is 4.72 Å². The second-order valence-electron chi connectivity index (χ2n) is 5.53. The molecule has 1 atom stereocenters. The second-order valence-corrected chi connectivity index (χ2v) is 7.30. The monoisotopic (exact) mass is 384 g/mol. The number of ether oxygens (including phenoxy) is 2. The Balaban J connectivity index is 0.00000225. The Morgan fingerprint density at radius 3 is 2.44 bits per heavy atom. The van der Waals surface area contributed by atoms with Gasteiger partial charge in [-0.3, -0.25) is 0 Å². The highest BCUT2D eigenvalue weighted by atomic mass is 35.5. The predicted octanol–water partition coefficient (Wildman–Crippen LogP) is 2.25. The summed E-state index contributed by atoms with van der Waals surface area (Å²) in [4.78, 5) is 0.131. The van der Waals surface area contributed by atoms with Gasteiger partial charge in [-0.15, -0.1) is 12.4 Å². The van der Waals surface area contributed by atoms with Gasteiger partial charge in [-0.1, -0.05) is 30.3 Å². The lowest BCUT2D eigenvalue weighted by atomic mass is 10.1. The van der Waals surface area contributed by atoms with Crippen LogP contribution in [0.25, 0.3) is 0 Å². The molecular formula is C17H21ClN2O4S. The first kappa shape index (κ1) is 19.5. The van der Waals surface area contributed by atoms with Gasteiger partial charge in [-0.05, 0) is 17.7 Å². The van der Waals surface area contributed by atoms with Gasteiger partial charge in [0.25, 0.3) is 0 Å². The van der Waals surface area contributed by atoms with Crippen LogP contribution in [0.2, 0.25) is 0 Å². The van der Waals surface area contributed by atoms with Crippen molar-refractivity contribution in [1.82, 2.24) is 4.72 Å². The Kier molecular flexibility index (Phi) is 6.66. The van der Waals surface area contributed by atoms with Gasteiger partial charge >= 0.3 is 0 Å². The van der Waals surface area contributed by atoms with Crippen molar-refractivity contribution in [3.05, 3.63) is 54.1 Å². The van der Waals surface area contributed by atoms with E-state index >= 15 is 0 Å². The third-order valence-electron chi connectivity index (χ3n) is 3.75. The van der Waals surface area contributed by atoms with E-state index < -0.39 is 16.1 Å². The fourth-order valence-corrected chi connectivity index (χ4v) is 3.49. The van der Waals surface area contributed by atoms with Crippen LogP contribution in [0.5, 0.6) is 11.5 Å². The number of nitrogens with one attached hydrogen (secondary N) is 1. The molecule has 0 spiro atoms. The molecule has 25 heavy (non-hydrogen) atoms. The molecule has 1 aliphatic rings. The van der Waals surface area contributed by atoms with Crippen molar-refractivity contribution in [2.75, 3.05) is 19.8 Å². The summed E-state index contributed by atoms with van der Waals surface area (Å²) in [5, 5.41) is 0. The third kappa shape index (κ3) is 4.85. The van der Waals surface area contributed by atoms with Crippen molar-refractivity contribution in [2.24, 2.45) is 5.73 Å². The summed E-state index contributed by atoms with van der Waals surface area (Å²) in [5.41, 5.74) is 6.91. The van der Waals surface area contributed by atoms with E-state index in [1.165, 1.54) is 12.1 Å². The fraction of sp³-hybridized carbons (Fsp3) is 0.294. The third-order valence-corrected chi connectivity index (χ3v) is 5.17. The molecule has 1 unspecified atom stereocenters. The largest absolute Gasteiger partial charge is 0.490 e. The molecule has 0 aromatic heterocycles. The smallest absolute Gasteiger partial charge is 0.240 e. The summed E-state index contributed by atoms with van der Waals surface area (Å²) < 4.78 is 38.5. The second kappa shape index (κ2) is 8.53. The average molecular weight is 385 g/mol. The molecule has 0 saturated carbocycles. The summed E-state index contributed by atoms with van der Waals surface area (Å²) in [7, 11) is -3.67. The molecule has 0 aliphatic carbocycles. The summed E-state index contributed by atoms with van der Waals surface area (Å²) >= 11 is 0. The molecule has 136 valence electrons. The number of sulfonamides is 1. The Bertz CT molecular complexity index is 800. The Morgan fingerprint density at radius 2 is 1.72 bits per heavy atom. The van der Waals surface area contributed by atoms with Crippen LogP contribution in [0.4, 0.5) is 0 Å². The van der Waals surface area contributed by atoms with Crippen molar-refractivity contribution in [3.8, 4) is 11.5 Å². The molecule has 6 nitrogen and oxygen atoms in total. The lowest BCUT2D eigenvalue weighted by Gasteiger charge is -2.14. The van der Waals surface area contributed by atoms with Crippen molar-refractivity contribution in [1.29, 1.82) is 0 Å². The van der Waals surface area contributed by atoms with Gasteiger partial charge in [0.2, 0.25) is 10.0 Å². The average Bonchev–Trinajstić information content (AvgIpc) is 2.85. The SMILES string of the molecule is Cl.NC(CNS(=O)(=O)c1ccc2c(c1)OCCCO2)c1ccccc1. The van der Waals surface area contributed by atoms with Crippen LogP contribution in [0.1, 0.15) is 18.0 Å². The van der Waals surface area contributed by atoms with E-state index in [0.29, 0.717) is 24.7 Å². The highest BCUT2D eigenvalue weighted by molar-refractivity contribution is 7.89. The molecule has 8 heteroatoms. The summed E-state index contributed by atoms with van der Waals surface area (Å²) in [6, 6.07) is 13.5. The Morgan fingerprint density at radius 1 is 1.04 bits per heavy atom. The Hall–Kier alpha value is -1.80. The van der Waals surface area contributed by atoms with Gasteiger partial charge in [0.05, 0.1) is 18.1 Å². The zero-order valence-electron chi connectivity index (χ0n) is 13.6. The topological polar surface area (TPSA) is 90.7 Å². The van der Waals surface area contributed by atoms with Gasteiger partial charge in [0, 0.05) is 25.1 Å². The summed E-state index contributed by atoms with van der Waals surface area (Å²) in [5.74, 6) is 1.01. The minimum absolute atomic E-state index is 0. The van der Waals surface area contributed by atoms with Crippen molar-refractivity contribution in [3.63, 3.8) is 0 Å². The van der Waals surface area contributed by atoms with Crippen LogP contribution >= 0.6 is 12.4 Å². The standard InChI is InChI=1S/C17H20N2O4S.ClH/c18-15(13-5-2-1-3-6-13)12-19-24(20,21)14-7-8-16-17(11-14)23-10-4-9-22-16;/h1-3,5-8,11,15,19H,4,9-10,12,18H2;1H. The number of rotatable bonds is 5. The number of benzene rings is 2. The summed E-state index contributed by atoms with van der Waals surface area (Å²) in [6.45, 7) is 1.17. The molecule has 0 saturated heterocycles. The molecule has 2 aromatic carbocycles. The van der Waals surface area contributed by atoms with Crippen LogP contribution in [0, 0.1) is 0 Å². The molecule has 0 fully saturated rings. The van der Waals surface area contributed by atoms with E-state index in [1.54, 1.807) is 6.07 Å². The normalized spacial score (nSPS) is 14.9. The van der Waals surface area contributed by atoms with Crippen molar-refractivity contribution < 1.29 is 17.9 Å². The highest BCUT2D eigenvalue weighted by Crippen LogP contribution is 2.31. The first-order valence-corrected chi connectivity index (χ1v) is 9.24. The van der Waals surface area contributed by atoms with Crippen molar-refractivity contribution in [2.45, 2.75) is 17.4 Å². The zero-order valence-corrected chi connectivity index (χ0v) is 15.2. The number of fused-ring (bicyclic) bond motifs is 1. The lowest BCUT2D eigenvalue weighted by Crippen LogP contribution is -2.32.